The SMILES string of the molecule is Cc1ccc(C=O)c(O)c1C(C)C. The third-order valence-electron chi connectivity index (χ3n) is 2.17. The van der Waals surface area contributed by atoms with E-state index in [-0.39, 0.29) is 11.7 Å². The minimum Gasteiger partial charge on any atom is -0.507 e. The van der Waals surface area contributed by atoms with Crippen molar-refractivity contribution in [1.82, 2.24) is 0 Å². The number of benzene rings is 1. The number of aldehydes is 1. The second kappa shape index (κ2) is 3.60. The molecule has 1 N–H and O–H groups in total. The van der Waals surface area contributed by atoms with Gasteiger partial charge in [-0.1, -0.05) is 19.9 Å². The Morgan fingerprint density at radius 2 is 2.00 bits per heavy atom. The van der Waals surface area contributed by atoms with Gasteiger partial charge in [0, 0.05) is 5.56 Å². The lowest BCUT2D eigenvalue weighted by Gasteiger charge is -2.12. The third-order valence-corrected chi connectivity index (χ3v) is 2.17. The van der Waals surface area contributed by atoms with Crippen LogP contribution in [0.3, 0.4) is 0 Å². The van der Waals surface area contributed by atoms with Gasteiger partial charge in [-0.25, -0.2) is 0 Å². The number of carbonyl (C=O) groups is 1. The quantitative estimate of drug-likeness (QED) is 0.707. The van der Waals surface area contributed by atoms with Gasteiger partial charge in [-0.2, -0.15) is 0 Å². The molecule has 0 spiro atoms. The van der Waals surface area contributed by atoms with Gasteiger partial charge in [0.05, 0.1) is 5.56 Å². The van der Waals surface area contributed by atoms with Gasteiger partial charge in [-0.3, -0.25) is 4.79 Å². The van der Waals surface area contributed by atoms with Gasteiger partial charge in [-0.05, 0) is 24.5 Å². The molecule has 0 aliphatic carbocycles. The van der Waals surface area contributed by atoms with Crippen molar-refractivity contribution in [2.24, 2.45) is 0 Å². The van der Waals surface area contributed by atoms with E-state index < -0.39 is 0 Å². The molecule has 2 nitrogen and oxygen atoms in total. The van der Waals surface area contributed by atoms with E-state index in [0.29, 0.717) is 11.8 Å². The molecule has 0 heterocycles. The molecule has 2 heteroatoms. The maximum atomic E-state index is 10.6. The van der Waals surface area contributed by atoms with Crippen molar-refractivity contribution < 1.29 is 9.90 Å². The van der Waals surface area contributed by atoms with Crippen LogP contribution in [0.15, 0.2) is 12.1 Å². The predicted octanol–water partition coefficient (Wildman–Crippen LogP) is 2.64. The topological polar surface area (TPSA) is 37.3 Å². The van der Waals surface area contributed by atoms with Crippen molar-refractivity contribution in [2.45, 2.75) is 26.7 Å². The van der Waals surface area contributed by atoms with Crippen molar-refractivity contribution in [3.8, 4) is 5.75 Å². The summed E-state index contributed by atoms with van der Waals surface area (Å²) in [5.74, 6) is 0.366. The van der Waals surface area contributed by atoms with Crippen LogP contribution in [0, 0.1) is 6.92 Å². The van der Waals surface area contributed by atoms with E-state index in [9.17, 15) is 9.90 Å². The van der Waals surface area contributed by atoms with E-state index in [1.165, 1.54) is 0 Å². The standard InChI is InChI=1S/C11H14O2/c1-7(2)10-8(3)4-5-9(6-12)11(10)13/h4-7,13H,1-3H3. The highest BCUT2D eigenvalue weighted by Crippen LogP contribution is 2.30. The monoisotopic (exact) mass is 178 g/mol. The number of hydrogen-bond donors (Lipinski definition) is 1. The molecule has 1 aromatic carbocycles. The normalized spacial score (nSPS) is 10.5. The first-order valence-electron chi connectivity index (χ1n) is 4.35. The number of phenols is 1. The number of phenolic OH excluding ortho intramolecular Hbond substituents is 1. The largest absolute Gasteiger partial charge is 0.507 e. The lowest BCUT2D eigenvalue weighted by atomic mass is 9.95. The third kappa shape index (κ3) is 1.72. The number of aryl methyl sites for hydroxylation is 1. The van der Waals surface area contributed by atoms with E-state index in [0.717, 1.165) is 11.1 Å². The molecular weight excluding hydrogens is 164 g/mol. The predicted molar refractivity (Wildman–Crippen MR) is 52.3 cm³/mol. The number of aromatic hydroxyl groups is 1. The fourth-order valence-corrected chi connectivity index (χ4v) is 1.55. The Hall–Kier alpha value is -1.31. The summed E-state index contributed by atoms with van der Waals surface area (Å²) < 4.78 is 0. The van der Waals surface area contributed by atoms with Crippen molar-refractivity contribution >= 4 is 6.29 Å². The fraction of sp³-hybridized carbons (Fsp3) is 0.364. The zero-order valence-electron chi connectivity index (χ0n) is 8.16. The molecule has 1 aromatic rings. The molecule has 70 valence electrons. The zero-order valence-corrected chi connectivity index (χ0v) is 8.16. The Morgan fingerprint density at radius 3 is 2.46 bits per heavy atom. The van der Waals surface area contributed by atoms with E-state index in [2.05, 4.69) is 0 Å². The summed E-state index contributed by atoms with van der Waals surface area (Å²) >= 11 is 0. The Bertz CT molecular complexity index is 327. The van der Waals surface area contributed by atoms with Crippen molar-refractivity contribution in [3.63, 3.8) is 0 Å². The van der Waals surface area contributed by atoms with Crippen LogP contribution in [-0.2, 0) is 0 Å². The minimum atomic E-state index is 0.130. The van der Waals surface area contributed by atoms with Crippen LogP contribution in [0.5, 0.6) is 5.75 Å². The molecule has 0 atom stereocenters. The van der Waals surface area contributed by atoms with E-state index >= 15 is 0 Å². The van der Waals surface area contributed by atoms with Crippen LogP contribution in [-0.4, -0.2) is 11.4 Å². The van der Waals surface area contributed by atoms with Gasteiger partial charge in [-0.15, -0.1) is 0 Å². The first-order valence-corrected chi connectivity index (χ1v) is 4.35. The second-order valence-electron chi connectivity index (χ2n) is 3.51. The molecule has 0 saturated carbocycles. The first-order chi connectivity index (χ1) is 6.07. The summed E-state index contributed by atoms with van der Waals surface area (Å²) in [5, 5.41) is 9.71. The van der Waals surface area contributed by atoms with Crippen LogP contribution in [0.1, 0.15) is 41.3 Å². The summed E-state index contributed by atoms with van der Waals surface area (Å²) in [6.07, 6.45) is 0.681. The lowest BCUT2D eigenvalue weighted by molar-refractivity contribution is 0.112. The molecule has 13 heavy (non-hydrogen) atoms. The van der Waals surface area contributed by atoms with Gasteiger partial charge in [0.1, 0.15) is 5.75 Å². The molecule has 0 aliphatic rings. The summed E-state index contributed by atoms with van der Waals surface area (Å²) in [5.41, 5.74) is 2.26. The van der Waals surface area contributed by atoms with Gasteiger partial charge in [0.2, 0.25) is 0 Å². The molecular formula is C11H14O2. The van der Waals surface area contributed by atoms with Crippen LogP contribution in [0.2, 0.25) is 0 Å². The molecule has 0 amide bonds. The Kier molecular flexibility index (Phi) is 2.71. The number of rotatable bonds is 2. The highest BCUT2D eigenvalue weighted by molar-refractivity contribution is 5.80. The van der Waals surface area contributed by atoms with Crippen LogP contribution >= 0.6 is 0 Å². The maximum Gasteiger partial charge on any atom is 0.153 e. The van der Waals surface area contributed by atoms with E-state index in [1.54, 1.807) is 6.07 Å². The highest BCUT2D eigenvalue weighted by Gasteiger charge is 2.12. The molecule has 0 radical (unpaired) electrons. The van der Waals surface area contributed by atoms with Gasteiger partial charge < -0.3 is 5.11 Å². The smallest absolute Gasteiger partial charge is 0.153 e. The van der Waals surface area contributed by atoms with E-state index in [1.807, 2.05) is 26.8 Å². The lowest BCUT2D eigenvalue weighted by Crippen LogP contribution is -1.95. The first kappa shape index (κ1) is 9.78. The molecule has 1 rings (SSSR count). The van der Waals surface area contributed by atoms with Gasteiger partial charge in [0.25, 0.3) is 0 Å². The van der Waals surface area contributed by atoms with Crippen molar-refractivity contribution in [2.75, 3.05) is 0 Å². The second-order valence-corrected chi connectivity index (χ2v) is 3.51. The summed E-state index contributed by atoms with van der Waals surface area (Å²) in [7, 11) is 0. The Labute approximate surface area is 78.2 Å². The maximum absolute atomic E-state index is 10.6. The number of hydrogen-bond acceptors (Lipinski definition) is 2. The van der Waals surface area contributed by atoms with Crippen LogP contribution in [0.4, 0.5) is 0 Å². The molecule has 0 bridgehead atoms. The van der Waals surface area contributed by atoms with Crippen LogP contribution < -0.4 is 0 Å². The molecule has 0 aromatic heterocycles. The molecule has 0 fully saturated rings. The van der Waals surface area contributed by atoms with Crippen molar-refractivity contribution in [1.29, 1.82) is 0 Å². The molecule has 0 aliphatic heterocycles. The average Bonchev–Trinajstić information content (AvgIpc) is 2.04. The summed E-state index contributed by atoms with van der Waals surface area (Å²) in [6, 6.07) is 3.50. The van der Waals surface area contributed by atoms with Crippen LogP contribution in [0.25, 0.3) is 0 Å². The van der Waals surface area contributed by atoms with Crippen molar-refractivity contribution in [3.05, 3.63) is 28.8 Å². The van der Waals surface area contributed by atoms with Gasteiger partial charge >= 0.3 is 0 Å². The highest BCUT2D eigenvalue weighted by atomic mass is 16.3. The average molecular weight is 178 g/mol. The minimum absolute atomic E-state index is 0.130. The summed E-state index contributed by atoms with van der Waals surface area (Å²) in [6.45, 7) is 5.93. The number of carbonyl (C=O) groups excluding carboxylic acids is 1. The molecule has 0 unspecified atom stereocenters. The fourth-order valence-electron chi connectivity index (χ4n) is 1.55. The zero-order chi connectivity index (χ0) is 10.0. The molecule has 0 saturated heterocycles. The van der Waals surface area contributed by atoms with E-state index in [4.69, 9.17) is 0 Å². The Morgan fingerprint density at radius 1 is 1.38 bits per heavy atom. The summed E-state index contributed by atoms with van der Waals surface area (Å²) in [4.78, 5) is 10.6. The Balaban J connectivity index is 3.38. The van der Waals surface area contributed by atoms with Gasteiger partial charge in [0.15, 0.2) is 6.29 Å².